The lowest BCUT2D eigenvalue weighted by Gasteiger charge is -2.38. The largest absolute Gasteiger partial charge is 0.377 e. The molecule has 0 aromatic heterocycles. The Morgan fingerprint density at radius 2 is 1.68 bits per heavy atom. The third-order valence-electron chi connectivity index (χ3n) is 4.86. The summed E-state index contributed by atoms with van der Waals surface area (Å²) in [7, 11) is 0. The molecule has 2 heterocycles. The Kier molecular flexibility index (Phi) is 5.67. The Morgan fingerprint density at radius 3 is 2.26 bits per heavy atom. The van der Waals surface area contributed by atoms with Crippen LogP contribution in [0, 0.1) is 11.3 Å². The lowest BCUT2D eigenvalue weighted by molar-refractivity contribution is 0.0116. The molecule has 3 nitrogen and oxygen atoms in total. The van der Waals surface area contributed by atoms with E-state index in [1.165, 1.54) is 38.8 Å². The van der Waals surface area contributed by atoms with E-state index in [1.54, 1.807) is 0 Å². The monoisotopic (exact) mass is 268 g/mol. The fraction of sp³-hybridized carbons (Fsp3) is 1.00. The smallest absolute Gasteiger partial charge is 0.0600 e. The van der Waals surface area contributed by atoms with Gasteiger partial charge in [0, 0.05) is 6.54 Å². The van der Waals surface area contributed by atoms with Crippen LogP contribution in [-0.2, 0) is 4.74 Å². The zero-order chi connectivity index (χ0) is 13.7. The predicted octanol–water partition coefficient (Wildman–Crippen LogP) is 2.51. The van der Waals surface area contributed by atoms with Crippen LogP contribution in [0.15, 0.2) is 0 Å². The molecule has 0 spiro atoms. The van der Waals surface area contributed by atoms with Crippen LogP contribution in [0.3, 0.4) is 0 Å². The van der Waals surface area contributed by atoms with Crippen LogP contribution in [-0.4, -0.2) is 50.3 Å². The number of rotatable bonds is 4. The maximum Gasteiger partial charge on any atom is 0.0600 e. The fourth-order valence-electron chi connectivity index (χ4n) is 3.33. The van der Waals surface area contributed by atoms with E-state index < -0.39 is 0 Å². The van der Waals surface area contributed by atoms with Gasteiger partial charge in [0.15, 0.2) is 0 Å². The summed E-state index contributed by atoms with van der Waals surface area (Å²) in [5, 5.41) is 3.38. The van der Waals surface area contributed by atoms with Gasteiger partial charge in [0.05, 0.1) is 12.7 Å². The van der Waals surface area contributed by atoms with E-state index in [0.717, 1.165) is 32.2 Å². The van der Waals surface area contributed by atoms with Crippen molar-refractivity contribution in [2.24, 2.45) is 11.3 Å². The van der Waals surface area contributed by atoms with E-state index in [4.69, 9.17) is 4.74 Å². The number of likely N-dealkylation sites (tertiary alicyclic amines) is 1. The molecule has 2 aliphatic heterocycles. The molecule has 0 atom stereocenters. The zero-order valence-corrected chi connectivity index (χ0v) is 13.1. The average Bonchev–Trinajstić information content (AvgIpc) is 2.39. The van der Waals surface area contributed by atoms with Crippen LogP contribution in [0.1, 0.15) is 46.5 Å². The summed E-state index contributed by atoms with van der Waals surface area (Å²) < 4.78 is 6.00. The van der Waals surface area contributed by atoms with E-state index in [-0.39, 0.29) is 0 Å². The van der Waals surface area contributed by atoms with Crippen LogP contribution in [0.2, 0.25) is 0 Å². The molecule has 0 aromatic carbocycles. The van der Waals surface area contributed by atoms with Crippen molar-refractivity contribution >= 4 is 0 Å². The van der Waals surface area contributed by atoms with Crippen LogP contribution >= 0.6 is 0 Å². The average molecular weight is 268 g/mol. The molecule has 0 unspecified atom stereocenters. The molecule has 2 aliphatic rings. The van der Waals surface area contributed by atoms with Crippen molar-refractivity contribution < 1.29 is 4.74 Å². The second kappa shape index (κ2) is 7.05. The van der Waals surface area contributed by atoms with Gasteiger partial charge in [0.25, 0.3) is 0 Å². The Morgan fingerprint density at radius 1 is 1.05 bits per heavy atom. The van der Waals surface area contributed by atoms with E-state index in [0.29, 0.717) is 11.5 Å². The van der Waals surface area contributed by atoms with Crippen molar-refractivity contribution in [3.05, 3.63) is 0 Å². The molecule has 0 radical (unpaired) electrons. The first-order chi connectivity index (χ1) is 9.05. The quantitative estimate of drug-likeness (QED) is 0.848. The first kappa shape index (κ1) is 15.3. The molecule has 19 heavy (non-hydrogen) atoms. The van der Waals surface area contributed by atoms with Gasteiger partial charge in [-0.3, -0.25) is 0 Å². The number of hydrogen-bond donors (Lipinski definition) is 1. The second-order valence-corrected chi connectivity index (χ2v) is 7.30. The molecule has 112 valence electrons. The molecule has 0 aliphatic carbocycles. The van der Waals surface area contributed by atoms with E-state index >= 15 is 0 Å². The molecule has 0 aromatic rings. The topological polar surface area (TPSA) is 24.5 Å². The summed E-state index contributed by atoms with van der Waals surface area (Å²) in [5.41, 5.74) is 0.484. The molecule has 2 rings (SSSR count). The number of piperidine rings is 2. The Balaban J connectivity index is 1.58. The summed E-state index contributed by atoms with van der Waals surface area (Å²) in [4.78, 5) is 2.59. The first-order valence-corrected chi connectivity index (χ1v) is 8.10. The normalized spacial score (nSPS) is 24.8. The van der Waals surface area contributed by atoms with Crippen LogP contribution in [0.25, 0.3) is 0 Å². The van der Waals surface area contributed by atoms with Gasteiger partial charge >= 0.3 is 0 Å². The molecular weight excluding hydrogens is 236 g/mol. The number of nitrogens with zero attached hydrogens (tertiary/aromatic N) is 1. The van der Waals surface area contributed by atoms with Gasteiger partial charge in [0.2, 0.25) is 0 Å². The van der Waals surface area contributed by atoms with E-state index in [2.05, 4.69) is 31.0 Å². The fourth-order valence-corrected chi connectivity index (χ4v) is 3.33. The first-order valence-electron chi connectivity index (χ1n) is 8.10. The summed E-state index contributed by atoms with van der Waals surface area (Å²) >= 11 is 0. The number of hydrogen-bond acceptors (Lipinski definition) is 3. The van der Waals surface area contributed by atoms with E-state index in [9.17, 15) is 0 Å². The summed E-state index contributed by atoms with van der Waals surface area (Å²) in [6.45, 7) is 14.0. The van der Waals surface area contributed by atoms with Crippen LogP contribution in [0.5, 0.6) is 0 Å². The molecule has 2 saturated heterocycles. The Hall–Kier alpha value is -0.120. The van der Waals surface area contributed by atoms with E-state index in [1.807, 2.05) is 0 Å². The van der Waals surface area contributed by atoms with Crippen molar-refractivity contribution in [1.82, 2.24) is 10.2 Å². The summed E-state index contributed by atoms with van der Waals surface area (Å²) in [6.07, 6.45) is 5.60. The molecule has 0 saturated carbocycles. The van der Waals surface area contributed by atoms with Crippen molar-refractivity contribution in [2.45, 2.75) is 52.6 Å². The maximum absolute atomic E-state index is 6.00. The van der Waals surface area contributed by atoms with Gasteiger partial charge < -0.3 is 15.0 Å². The van der Waals surface area contributed by atoms with Gasteiger partial charge in [-0.05, 0) is 63.2 Å². The predicted molar refractivity (Wildman–Crippen MR) is 80.5 cm³/mol. The van der Waals surface area contributed by atoms with Crippen molar-refractivity contribution in [1.29, 1.82) is 0 Å². The highest BCUT2D eigenvalue weighted by atomic mass is 16.5. The second-order valence-electron chi connectivity index (χ2n) is 7.30. The summed E-state index contributed by atoms with van der Waals surface area (Å²) in [6, 6.07) is 0. The third kappa shape index (κ3) is 5.05. The van der Waals surface area contributed by atoms with Gasteiger partial charge in [-0.2, -0.15) is 0 Å². The van der Waals surface area contributed by atoms with Crippen LogP contribution in [0.4, 0.5) is 0 Å². The highest BCUT2D eigenvalue weighted by Gasteiger charge is 2.28. The minimum absolute atomic E-state index is 0.484. The number of ether oxygens (including phenoxy) is 1. The Bertz CT molecular complexity index is 248. The zero-order valence-electron chi connectivity index (χ0n) is 13.1. The maximum atomic E-state index is 6.00. The highest BCUT2D eigenvalue weighted by Crippen LogP contribution is 2.34. The molecule has 0 amide bonds. The lowest BCUT2D eigenvalue weighted by atomic mass is 9.75. The summed E-state index contributed by atoms with van der Waals surface area (Å²) in [5.74, 6) is 0.897. The van der Waals surface area contributed by atoms with Crippen molar-refractivity contribution in [3.8, 4) is 0 Å². The van der Waals surface area contributed by atoms with Gasteiger partial charge in [-0.15, -0.1) is 0 Å². The number of nitrogens with one attached hydrogen (secondary N) is 1. The van der Waals surface area contributed by atoms with Crippen LogP contribution < -0.4 is 5.32 Å². The van der Waals surface area contributed by atoms with Gasteiger partial charge in [-0.1, -0.05) is 20.8 Å². The van der Waals surface area contributed by atoms with Crippen molar-refractivity contribution in [2.75, 3.05) is 39.3 Å². The standard InChI is InChI=1S/C16H32N2O/c1-16(2,3)14-6-10-18(11-7-14)12-13-19-15-4-8-17-9-5-15/h14-15,17H,4-13H2,1-3H3. The minimum Gasteiger partial charge on any atom is -0.377 e. The van der Waals surface area contributed by atoms with Gasteiger partial charge in [0.1, 0.15) is 0 Å². The molecule has 1 N–H and O–H groups in total. The molecule has 3 heteroatoms. The molecule has 2 fully saturated rings. The lowest BCUT2D eigenvalue weighted by Crippen LogP contribution is -2.40. The highest BCUT2D eigenvalue weighted by molar-refractivity contribution is 4.80. The SMILES string of the molecule is CC(C)(C)C1CCN(CCOC2CCNCC2)CC1. The van der Waals surface area contributed by atoms with Gasteiger partial charge in [-0.25, -0.2) is 0 Å². The minimum atomic E-state index is 0.484. The third-order valence-corrected chi connectivity index (χ3v) is 4.86. The Labute approximate surface area is 119 Å². The molecular formula is C16H32N2O. The molecule has 0 bridgehead atoms. The van der Waals surface area contributed by atoms with Crippen molar-refractivity contribution in [3.63, 3.8) is 0 Å².